The molecule has 1 fully saturated rings. The van der Waals surface area contributed by atoms with Gasteiger partial charge in [-0.2, -0.15) is 0 Å². The van der Waals surface area contributed by atoms with Crippen LogP contribution in [0.1, 0.15) is 16.7 Å². The van der Waals surface area contributed by atoms with Crippen molar-refractivity contribution in [2.24, 2.45) is 0 Å². The quantitative estimate of drug-likeness (QED) is 0.436. The summed E-state index contributed by atoms with van der Waals surface area (Å²) in [5, 5.41) is -0.318. The molecule has 0 radical (unpaired) electrons. The van der Waals surface area contributed by atoms with E-state index in [9.17, 15) is 14.0 Å². The van der Waals surface area contributed by atoms with Crippen LogP contribution < -0.4 is 9.47 Å². The number of nitrogens with zero attached hydrogens (tertiary/aromatic N) is 1. The van der Waals surface area contributed by atoms with Crippen LogP contribution >= 0.6 is 11.8 Å². The van der Waals surface area contributed by atoms with E-state index in [1.165, 1.54) is 24.1 Å². The minimum Gasteiger partial charge on any atom is -0.493 e. The van der Waals surface area contributed by atoms with Gasteiger partial charge in [-0.1, -0.05) is 54.6 Å². The second-order valence-electron chi connectivity index (χ2n) is 7.05. The minimum absolute atomic E-state index is 0.191. The van der Waals surface area contributed by atoms with Gasteiger partial charge in [-0.3, -0.25) is 14.5 Å². The Morgan fingerprint density at radius 3 is 2.41 bits per heavy atom. The van der Waals surface area contributed by atoms with Crippen LogP contribution in [0.3, 0.4) is 0 Å². The number of ether oxygens (including phenoxy) is 2. The Kier molecular flexibility index (Phi) is 6.56. The highest BCUT2D eigenvalue weighted by molar-refractivity contribution is 8.18. The van der Waals surface area contributed by atoms with Gasteiger partial charge in [0.15, 0.2) is 11.5 Å². The molecule has 2 amide bonds. The summed E-state index contributed by atoms with van der Waals surface area (Å²) in [6, 6.07) is 20.7. The van der Waals surface area contributed by atoms with Crippen LogP contribution in [0.2, 0.25) is 0 Å². The van der Waals surface area contributed by atoms with E-state index in [4.69, 9.17) is 9.47 Å². The van der Waals surface area contributed by atoms with Crippen molar-refractivity contribution in [1.82, 2.24) is 4.90 Å². The lowest BCUT2D eigenvalue weighted by molar-refractivity contribution is -0.123. The standard InChI is InChI=1S/C25H20FNO4S/c1-30-21-9-5-8-19(23(21)31-16-18-10-12-20(26)13-11-18)14-22-24(28)27(25(29)32-22)15-17-6-3-2-4-7-17/h2-14H,15-16H2,1H3/b22-14-. The molecule has 0 bridgehead atoms. The number of halogens is 1. The van der Waals surface area contributed by atoms with E-state index in [0.717, 1.165) is 22.9 Å². The van der Waals surface area contributed by atoms with E-state index in [1.54, 1.807) is 36.4 Å². The van der Waals surface area contributed by atoms with E-state index in [1.807, 2.05) is 30.3 Å². The van der Waals surface area contributed by atoms with Gasteiger partial charge in [-0.15, -0.1) is 0 Å². The third kappa shape index (κ3) is 4.84. The molecule has 3 aromatic rings. The van der Waals surface area contributed by atoms with Gasteiger partial charge in [0.2, 0.25) is 0 Å². The molecule has 0 aromatic heterocycles. The molecule has 1 aliphatic rings. The molecule has 1 aliphatic heterocycles. The second kappa shape index (κ2) is 9.70. The molecule has 0 aliphatic carbocycles. The summed E-state index contributed by atoms with van der Waals surface area (Å²) in [5.41, 5.74) is 2.27. The van der Waals surface area contributed by atoms with E-state index in [2.05, 4.69) is 0 Å². The minimum atomic E-state index is -0.351. The molecule has 4 rings (SSSR count). The molecule has 0 N–H and O–H groups in total. The Morgan fingerprint density at radius 2 is 1.69 bits per heavy atom. The summed E-state index contributed by atoms with van der Waals surface area (Å²) < 4.78 is 24.6. The van der Waals surface area contributed by atoms with Gasteiger partial charge >= 0.3 is 0 Å². The maximum absolute atomic E-state index is 13.2. The number of para-hydroxylation sites is 1. The van der Waals surface area contributed by atoms with Crippen LogP contribution in [0, 0.1) is 5.82 Å². The van der Waals surface area contributed by atoms with Crippen LogP contribution in [0.5, 0.6) is 11.5 Å². The topological polar surface area (TPSA) is 55.8 Å². The molecule has 7 heteroatoms. The highest BCUT2D eigenvalue weighted by Gasteiger charge is 2.35. The van der Waals surface area contributed by atoms with Gasteiger partial charge < -0.3 is 9.47 Å². The Balaban J connectivity index is 1.58. The second-order valence-corrected chi connectivity index (χ2v) is 8.04. The molecule has 0 atom stereocenters. The maximum atomic E-state index is 13.2. The fourth-order valence-corrected chi connectivity index (χ4v) is 4.07. The van der Waals surface area contributed by atoms with Gasteiger partial charge in [-0.05, 0) is 47.2 Å². The van der Waals surface area contributed by atoms with Crippen LogP contribution in [-0.4, -0.2) is 23.2 Å². The summed E-state index contributed by atoms with van der Waals surface area (Å²) in [6.07, 6.45) is 1.64. The van der Waals surface area contributed by atoms with Crippen molar-refractivity contribution >= 4 is 29.0 Å². The van der Waals surface area contributed by atoms with Crippen molar-refractivity contribution in [2.75, 3.05) is 7.11 Å². The Hall–Kier alpha value is -3.58. The van der Waals surface area contributed by atoms with Crippen LogP contribution in [-0.2, 0) is 17.9 Å². The highest BCUT2D eigenvalue weighted by Crippen LogP contribution is 2.38. The first-order valence-corrected chi connectivity index (χ1v) is 10.7. The van der Waals surface area contributed by atoms with Gasteiger partial charge in [0, 0.05) is 5.56 Å². The number of amides is 2. The predicted octanol–water partition coefficient (Wildman–Crippen LogP) is 5.65. The van der Waals surface area contributed by atoms with Crippen LogP contribution in [0.25, 0.3) is 6.08 Å². The van der Waals surface area contributed by atoms with Gasteiger partial charge in [-0.25, -0.2) is 4.39 Å². The molecule has 0 saturated carbocycles. The zero-order valence-corrected chi connectivity index (χ0v) is 18.1. The highest BCUT2D eigenvalue weighted by atomic mass is 32.2. The number of carbonyl (C=O) groups excluding carboxylic acids is 2. The van der Waals surface area contributed by atoms with Crippen molar-refractivity contribution in [3.63, 3.8) is 0 Å². The van der Waals surface area contributed by atoms with E-state index >= 15 is 0 Å². The monoisotopic (exact) mass is 449 g/mol. The number of rotatable bonds is 7. The maximum Gasteiger partial charge on any atom is 0.293 e. The van der Waals surface area contributed by atoms with Crippen LogP contribution in [0.15, 0.2) is 77.7 Å². The van der Waals surface area contributed by atoms with Gasteiger partial charge in [0.25, 0.3) is 11.1 Å². The average molecular weight is 450 g/mol. The molecular formula is C25H20FNO4S. The van der Waals surface area contributed by atoms with Gasteiger partial charge in [0.1, 0.15) is 12.4 Å². The van der Waals surface area contributed by atoms with Gasteiger partial charge in [0.05, 0.1) is 18.6 Å². The number of hydrogen-bond acceptors (Lipinski definition) is 5. The Labute approximate surface area is 189 Å². The molecule has 0 spiro atoms. The van der Waals surface area contributed by atoms with Crippen molar-refractivity contribution < 1.29 is 23.5 Å². The van der Waals surface area contributed by atoms with Crippen molar-refractivity contribution in [3.8, 4) is 11.5 Å². The van der Waals surface area contributed by atoms with E-state index in [-0.39, 0.29) is 30.1 Å². The summed E-state index contributed by atoms with van der Waals surface area (Å²) in [5.74, 6) is 0.257. The lowest BCUT2D eigenvalue weighted by atomic mass is 10.1. The van der Waals surface area contributed by atoms with E-state index in [0.29, 0.717) is 22.0 Å². The molecular weight excluding hydrogens is 429 g/mol. The predicted molar refractivity (Wildman–Crippen MR) is 122 cm³/mol. The van der Waals surface area contributed by atoms with E-state index < -0.39 is 0 Å². The summed E-state index contributed by atoms with van der Waals surface area (Å²) in [4.78, 5) is 26.9. The number of hydrogen-bond donors (Lipinski definition) is 0. The number of benzene rings is 3. The zero-order valence-electron chi connectivity index (χ0n) is 17.3. The summed E-state index contributed by atoms with van der Waals surface area (Å²) in [6.45, 7) is 0.409. The smallest absolute Gasteiger partial charge is 0.293 e. The molecule has 3 aromatic carbocycles. The number of imide groups is 1. The van der Waals surface area contributed by atoms with Crippen molar-refractivity contribution in [1.29, 1.82) is 0 Å². The first-order valence-electron chi connectivity index (χ1n) is 9.88. The Bertz CT molecular complexity index is 1160. The largest absolute Gasteiger partial charge is 0.493 e. The number of thioether (sulfide) groups is 1. The van der Waals surface area contributed by atoms with Crippen LogP contribution in [0.4, 0.5) is 9.18 Å². The first-order chi connectivity index (χ1) is 15.5. The lowest BCUT2D eigenvalue weighted by Crippen LogP contribution is -2.27. The molecule has 5 nitrogen and oxygen atoms in total. The molecule has 0 unspecified atom stereocenters. The number of methoxy groups -OCH3 is 1. The molecule has 1 heterocycles. The Morgan fingerprint density at radius 1 is 0.938 bits per heavy atom. The third-order valence-electron chi connectivity index (χ3n) is 4.87. The molecule has 162 valence electrons. The summed E-state index contributed by atoms with van der Waals surface area (Å²) in [7, 11) is 1.53. The average Bonchev–Trinajstić information content (AvgIpc) is 3.07. The fraction of sp³-hybridized carbons (Fsp3) is 0.120. The van der Waals surface area contributed by atoms with Crippen molar-refractivity contribution in [3.05, 3.63) is 100 Å². The third-order valence-corrected chi connectivity index (χ3v) is 5.78. The molecule has 1 saturated heterocycles. The number of carbonyl (C=O) groups is 2. The first kappa shape index (κ1) is 21.6. The zero-order chi connectivity index (χ0) is 22.5. The normalized spacial score (nSPS) is 14.8. The van der Waals surface area contributed by atoms with Crippen molar-refractivity contribution in [2.45, 2.75) is 13.2 Å². The fourth-order valence-electron chi connectivity index (χ4n) is 3.24. The molecule has 32 heavy (non-hydrogen) atoms. The SMILES string of the molecule is COc1cccc(/C=C2\SC(=O)N(Cc3ccccc3)C2=O)c1OCc1ccc(F)cc1. The summed E-state index contributed by atoms with van der Waals surface area (Å²) >= 11 is 0.895. The lowest BCUT2D eigenvalue weighted by Gasteiger charge is -2.14.